The van der Waals surface area contributed by atoms with Gasteiger partial charge < -0.3 is 5.11 Å². The molecular formula is C13H16N2O2. The zero-order chi connectivity index (χ0) is 12.3. The lowest BCUT2D eigenvalue weighted by molar-refractivity contribution is -0.132. The van der Waals surface area contributed by atoms with Crippen LogP contribution in [0.5, 0.6) is 5.75 Å². The van der Waals surface area contributed by atoms with E-state index < -0.39 is 0 Å². The number of nitrogens with zero attached hydrogens (tertiary/aromatic N) is 1. The van der Waals surface area contributed by atoms with Gasteiger partial charge in [-0.15, -0.1) is 0 Å². The molecule has 90 valence electrons. The Morgan fingerprint density at radius 2 is 2.29 bits per heavy atom. The third kappa shape index (κ3) is 2.58. The van der Waals surface area contributed by atoms with Crippen molar-refractivity contribution in [1.29, 1.82) is 0 Å². The second-order valence-electron chi connectivity index (χ2n) is 4.03. The number of benzene rings is 1. The normalized spacial score (nSPS) is 15.5. The van der Waals surface area contributed by atoms with E-state index in [-0.39, 0.29) is 11.7 Å². The molecule has 1 aliphatic heterocycles. The highest BCUT2D eigenvalue weighted by Crippen LogP contribution is 2.20. The molecule has 4 heteroatoms. The van der Waals surface area contributed by atoms with Crippen LogP contribution in [0.15, 0.2) is 30.3 Å². The number of phenols is 1. The number of carbonyl (C=O) groups excluding carboxylic acids is 1. The first-order valence-corrected chi connectivity index (χ1v) is 5.77. The molecule has 0 spiro atoms. The highest BCUT2D eigenvalue weighted by atomic mass is 16.3. The summed E-state index contributed by atoms with van der Waals surface area (Å²) in [4.78, 5) is 11.6. The molecule has 0 unspecified atom stereocenters. The second-order valence-corrected chi connectivity index (χ2v) is 4.03. The third-order valence-corrected chi connectivity index (χ3v) is 2.64. The fourth-order valence-electron chi connectivity index (χ4n) is 1.81. The van der Waals surface area contributed by atoms with Crippen molar-refractivity contribution in [3.8, 4) is 5.75 Å². The van der Waals surface area contributed by atoms with Gasteiger partial charge in [-0.3, -0.25) is 15.2 Å². The van der Waals surface area contributed by atoms with Crippen LogP contribution >= 0.6 is 0 Å². The predicted molar refractivity (Wildman–Crippen MR) is 65.8 cm³/mol. The molecule has 1 amide bonds. The van der Waals surface area contributed by atoms with Gasteiger partial charge in [0.2, 0.25) is 5.91 Å². The van der Waals surface area contributed by atoms with Gasteiger partial charge in [0.1, 0.15) is 5.75 Å². The van der Waals surface area contributed by atoms with Crippen LogP contribution in [-0.2, 0) is 4.79 Å². The van der Waals surface area contributed by atoms with Crippen LogP contribution < -0.4 is 5.43 Å². The van der Waals surface area contributed by atoms with Gasteiger partial charge in [-0.25, -0.2) is 0 Å². The van der Waals surface area contributed by atoms with Crippen molar-refractivity contribution in [3.63, 3.8) is 0 Å². The topological polar surface area (TPSA) is 52.6 Å². The average molecular weight is 232 g/mol. The van der Waals surface area contributed by atoms with Gasteiger partial charge in [-0.2, -0.15) is 0 Å². The Balaban J connectivity index is 2.20. The Morgan fingerprint density at radius 1 is 1.47 bits per heavy atom. The van der Waals surface area contributed by atoms with Crippen LogP contribution in [0, 0.1) is 0 Å². The molecule has 0 aromatic heterocycles. The molecule has 0 aliphatic carbocycles. The average Bonchev–Trinajstić information content (AvgIpc) is 2.32. The first-order chi connectivity index (χ1) is 8.20. The Morgan fingerprint density at radius 3 is 3.00 bits per heavy atom. The minimum Gasteiger partial charge on any atom is -0.508 e. The van der Waals surface area contributed by atoms with Gasteiger partial charge in [-0.05, 0) is 24.6 Å². The Bertz CT molecular complexity index is 454. The lowest BCUT2D eigenvalue weighted by atomic mass is 10.1. The molecule has 0 fully saturated rings. The SMILES string of the molecule is CCCN1NC(c2cccc(O)c2)=CCC1=O. The molecule has 0 radical (unpaired) electrons. The summed E-state index contributed by atoms with van der Waals surface area (Å²) >= 11 is 0. The van der Waals surface area contributed by atoms with E-state index in [1.54, 1.807) is 23.2 Å². The number of hydrogen-bond donors (Lipinski definition) is 2. The molecule has 0 saturated heterocycles. The molecule has 2 N–H and O–H groups in total. The number of carbonyl (C=O) groups is 1. The van der Waals surface area contributed by atoms with Crippen LogP contribution in [0.2, 0.25) is 0 Å². The summed E-state index contributed by atoms with van der Waals surface area (Å²) in [6, 6.07) is 6.99. The fraction of sp³-hybridized carbons (Fsp3) is 0.308. The molecule has 4 nitrogen and oxygen atoms in total. The largest absolute Gasteiger partial charge is 0.508 e. The summed E-state index contributed by atoms with van der Waals surface area (Å²) in [7, 11) is 0. The monoisotopic (exact) mass is 232 g/mol. The molecular weight excluding hydrogens is 216 g/mol. The maximum atomic E-state index is 11.6. The lowest BCUT2D eigenvalue weighted by Crippen LogP contribution is -2.44. The zero-order valence-electron chi connectivity index (χ0n) is 9.81. The first-order valence-electron chi connectivity index (χ1n) is 5.77. The number of amides is 1. The van der Waals surface area contributed by atoms with Crippen molar-refractivity contribution >= 4 is 11.6 Å². The van der Waals surface area contributed by atoms with Gasteiger partial charge in [0, 0.05) is 18.5 Å². The number of aromatic hydroxyl groups is 1. The minimum absolute atomic E-state index is 0.0794. The number of hydrogen-bond acceptors (Lipinski definition) is 3. The molecule has 0 atom stereocenters. The van der Waals surface area contributed by atoms with Crippen molar-refractivity contribution < 1.29 is 9.90 Å². The van der Waals surface area contributed by atoms with Gasteiger partial charge >= 0.3 is 0 Å². The molecule has 2 rings (SSSR count). The summed E-state index contributed by atoms with van der Waals surface area (Å²) in [5.41, 5.74) is 4.84. The maximum Gasteiger partial charge on any atom is 0.244 e. The molecule has 1 heterocycles. The number of nitrogens with one attached hydrogen (secondary N) is 1. The number of rotatable bonds is 3. The Hall–Kier alpha value is -1.97. The minimum atomic E-state index is 0.0794. The van der Waals surface area contributed by atoms with E-state index in [0.29, 0.717) is 13.0 Å². The second kappa shape index (κ2) is 4.91. The van der Waals surface area contributed by atoms with Gasteiger partial charge in [-0.1, -0.05) is 19.1 Å². The fourth-order valence-corrected chi connectivity index (χ4v) is 1.81. The first kappa shape index (κ1) is 11.5. The maximum absolute atomic E-state index is 11.6. The predicted octanol–water partition coefficient (Wildman–Crippen LogP) is 1.88. The third-order valence-electron chi connectivity index (χ3n) is 2.64. The highest BCUT2D eigenvalue weighted by Gasteiger charge is 2.18. The highest BCUT2D eigenvalue weighted by molar-refractivity contribution is 5.83. The van der Waals surface area contributed by atoms with E-state index in [1.165, 1.54) is 0 Å². The molecule has 1 aromatic rings. The summed E-state index contributed by atoms with van der Waals surface area (Å²) < 4.78 is 0. The Labute approximate surface area is 101 Å². The summed E-state index contributed by atoms with van der Waals surface area (Å²) in [6.45, 7) is 2.72. The molecule has 1 aromatic carbocycles. The van der Waals surface area contributed by atoms with Crippen LogP contribution in [0.4, 0.5) is 0 Å². The van der Waals surface area contributed by atoms with Crippen molar-refractivity contribution in [3.05, 3.63) is 35.9 Å². The summed E-state index contributed by atoms with van der Waals surface area (Å²) in [6.07, 6.45) is 3.16. The van der Waals surface area contributed by atoms with E-state index in [1.807, 2.05) is 19.1 Å². The summed E-state index contributed by atoms with van der Waals surface area (Å²) in [5.74, 6) is 0.305. The van der Waals surface area contributed by atoms with E-state index in [4.69, 9.17) is 0 Å². The van der Waals surface area contributed by atoms with Crippen LogP contribution in [-0.4, -0.2) is 22.6 Å². The van der Waals surface area contributed by atoms with Gasteiger partial charge in [0.25, 0.3) is 0 Å². The summed E-state index contributed by atoms with van der Waals surface area (Å²) in [5, 5.41) is 11.1. The quantitative estimate of drug-likeness (QED) is 0.836. The van der Waals surface area contributed by atoms with Crippen molar-refractivity contribution in [2.24, 2.45) is 0 Å². The van der Waals surface area contributed by atoms with Crippen LogP contribution in [0.1, 0.15) is 25.3 Å². The van der Waals surface area contributed by atoms with Gasteiger partial charge in [0.15, 0.2) is 0 Å². The molecule has 1 aliphatic rings. The van der Waals surface area contributed by atoms with Crippen molar-refractivity contribution in [1.82, 2.24) is 10.4 Å². The standard InChI is InChI=1S/C13H16N2O2/c1-2-8-15-13(17)7-6-12(14-15)10-4-3-5-11(16)9-10/h3-6,9,14,16H,2,7-8H2,1H3. The smallest absolute Gasteiger partial charge is 0.244 e. The van der Waals surface area contributed by atoms with Crippen LogP contribution in [0.3, 0.4) is 0 Å². The van der Waals surface area contributed by atoms with E-state index in [2.05, 4.69) is 5.43 Å². The van der Waals surface area contributed by atoms with Crippen molar-refractivity contribution in [2.75, 3.05) is 6.54 Å². The number of hydrazine groups is 1. The van der Waals surface area contributed by atoms with Crippen LogP contribution in [0.25, 0.3) is 5.70 Å². The van der Waals surface area contributed by atoms with Crippen molar-refractivity contribution in [2.45, 2.75) is 19.8 Å². The van der Waals surface area contributed by atoms with E-state index in [0.717, 1.165) is 17.7 Å². The number of phenolic OH excluding ortho intramolecular Hbond substituents is 1. The molecule has 0 bridgehead atoms. The van der Waals surface area contributed by atoms with Gasteiger partial charge in [0.05, 0.1) is 5.70 Å². The lowest BCUT2D eigenvalue weighted by Gasteiger charge is -2.29. The molecule has 0 saturated carbocycles. The van der Waals surface area contributed by atoms with E-state index >= 15 is 0 Å². The molecule has 17 heavy (non-hydrogen) atoms. The van der Waals surface area contributed by atoms with E-state index in [9.17, 15) is 9.90 Å². The zero-order valence-corrected chi connectivity index (χ0v) is 9.81. The Kier molecular flexibility index (Phi) is 3.32.